The Labute approximate surface area is 287 Å². The monoisotopic (exact) mass is 702 g/mol. The maximum absolute atomic E-state index is 14.1. The number of phenols is 2. The van der Waals surface area contributed by atoms with Crippen LogP contribution < -0.4 is 5.43 Å². The molecule has 13 heteroatoms. The van der Waals surface area contributed by atoms with Gasteiger partial charge in [0.15, 0.2) is 19.8 Å². The van der Waals surface area contributed by atoms with Gasteiger partial charge in [-0.15, -0.1) is 0 Å². The Morgan fingerprint density at radius 1 is 1.10 bits per heavy atom. The smallest absolute Gasteiger partial charge is 0.411 e. The van der Waals surface area contributed by atoms with E-state index in [0.717, 1.165) is 6.07 Å². The highest BCUT2D eigenvalue weighted by Gasteiger charge is 2.47. The quantitative estimate of drug-likeness (QED) is 0.209. The van der Waals surface area contributed by atoms with E-state index in [1.165, 1.54) is 11.0 Å². The Hall–Kier alpha value is -3.58. The van der Waals surface area contributed by atoms with Crippen LogP contribution in [0.25, 0.3) is 22.3 Å². The van der Waals surface area contributed by atoms with Gasteiger partial charge in [0.2, 0.25) is 0 Å². The second kappa shape index (κ2) is 13.7. The van der Waals surface area contributed by atoms with Crippen LogP contribution in [0.1, 0.15) is 59.4 Å². The van der Waals surface area contributed by atoms with Crippen molar-refractivity contribution < 1.29 is 38.5 Å². The topological polar surface area (TPSA) is 150 Å². The maximum Gasteiger partial charge on any atom is 0.411 e. The van der Waals surface area contributed by atoms with E-state index in [4.69, 9.17) is 25.2 Å². The van der Waals surface area contributed by atoms with Crippen LogP contribution in [0.4, 0.5) is 4.79 Å². The summed E-state index contributed by atoms with van der Waals surface area (Å²) >= 11 is 6.45. The number of piperidine rings is 1. The van der Waals surface area contributed by atoms with Crippen molar-refractivity contribution in [3.63, 3.8) is 0 Å². The molecule has 3 atom stereocenters. The number of fused-ring (bicyclic) bond motifs is 1. The van der Waals surface area contributed by atoms with Crippen molar-refractivity contribution in [2.24, 2.45) is 0 Å². The molecule has 2 heterocycles. The van der Waals surface area contributed by atoms with Gasteiger partial charge in [0.1, 0.15) is 33.8 Å². The molecule has 3 aromatic rings. The number of carbonyl (C=O) groups excluding carboxylic acids is 1. The fourth-order valence-electron chi connectivity index (χ4n) is 5.76. The molecule has 0 bridgehead atoms. The zero-order valence-corrected chi connectivity index (χ0v) is 30.8. The molecular formula is C35H47ClN2O9Si. The van der Waals surface area contributed by atoms with Crippen molar-refractivity contribution in [1.29, 1.82) is 0 Å². The number of hydrogen-bond acceptors (Lipinski definition) is 9. The van der Waals surface area contributed by atoms with E-state index in [2.05, 4.69) is 0 Å². The SMILES string of the molecule is CN1CCC(c2c(O)cc(O)c3c(=O)cc(-c4ccccc4Cl)oc23)C(N(C(=O)OC(C)(C)C)C(CO[Si](C)(C)C(C)(C)C)C(=O)O)C1. The van der Waals surface area contributed by atoms with E-state index in [0.29, 0.717) is 23.6 Å². The summed E-state index contributed by atoms with van der Waals surface area (Å²) in [5.41, 5.74) is -1.02. The number of hydrogen-bond donors (Lipinski definition) is 3. The molecule has 262 valence electrons. The molecule has 3 unspecified atom stereocenters. The molecule has 48 heavy (non-hydrogen) atoms. The normalized spacial score (nSPS) is 18.5. The first-order chi connectivity index (χ1) is 22.1. The number of likely N-dealkylation sites (N-methyl/N-ethyl adjacent to an activating group) is 1. The Morgan fingerprint density at radius 3 is 2.33 bits per heavy atom. The summed E-state index contributed by atoms with van der Waals surface area (Å²) < 4.78 is 18.5. The first kappa shape index (κ1) is 37.2. The number of aliphatic carboxylic acids is 1. The number of likely N-dealkylation sites (tertiary alicyclic amines) is 1. The fourth-order valence-corrected chi connectivity index (χ4v) is 7.00. The van der Waals surface area contributed by atoms with Crippen LogP contribution >= 0.6 is 11.6 Å². The maximum atomic E-state index is 14.1. The highest BCUT2D eigenvalue weighted by atomic mass is 35.5. The number of carboxylic acid groups (broad SMARTS) is 1. The zero-order valence-electron chi connectivity index (χ0n) is 29.1. The molecule has 1 fully saturated rings. The standard InChI is InChI=1S/C35H47ClN2O9Si/c1-34(2,3)47-33(44)38(24(32(42)43)19-45-48(8,9)35(4,5)6)23-18-37(7)15-14-21(23)29-25(39)16-26(40)30-27(41)17-28(46-31(29)30)20-12-10-11-13-22(20)36/h10-13,16-17,21,23-24,39-40H,14-15,18-19H2,1-9H3,(H,42,43). The Balaban J connectivity index is 1.96. The molecule has 1 aliphatic heterocycles. The summed E-state index contributed by atoms with van der Waals surface area (Å²) in [6, 6.07) is 6.74. The molecule has 0 radical (unpaired) electrons. The number of carboxylic acids is 1. The molecule has 1 saturated heterocycles. The summed E-state index contributed by atoms with van der Waals surface area (Å²) in [6.45, 7) is 15.6. The number of amides is 1. The van der Waals surface area contributed by atoms with Gasteiger partial charge in [0, 0.05) is 35.7 Å². The minimum Gasteiger partial charge on any atom is -0.507 e. The Bertz CT molecular complexity index is 1740. The van der Waals surface area contributed by atoms with E-state index in [1.807, 2.05) is 45.8 Å². The fraction of sp³-hybridized carbons (Fsp3) is 0.514. The third-order valence-electron chi connectivity index (χ3n) is 9.28. The first-order valence-electron chi connectivity index (χ1n) is 16.0. The van der Waals surface area contributed by atoms with Crippen LogP contribution in [-0.2, 0) is 14.0 Å². The van der Waals surface area contributed by atoms with E-state index in [9.17, 15) is 29.7 Å². The van der Waals surface area contributed by atoms with Crippen molar-refractivity contribution in [2.45, 2.75) is 89.7 Å². The summed E-state index contributed by atoms with van der Waals surface area (Å²) in [6.07, 6.45) is -0.525. The minimum absolute atomic E-state index is 0.0805. The van der Waals surface area contributed by atoms with Gasteiger partial charge < -0.3 is 33.8 Å². The molecule has 1 aromatic heterocycles. The van der Waals surface area contributed by atoms with Crippen molar-refractivity contribution in [2.75, 3.05) is 26.7 Å². The lowest BCUT2D eigenvalue weighted by molar-refractivity contribution is -0.146. The predicted octanol–water partition coefficient (Wildman–Crippen LogP) is 7.02. The highest BCUT2D eigenvalue weighted by molar-refractivity contribution is 6.74. The molecule has 1 aliphatic rings. The van der Waals surface area contributed by atoms with E-state index in [-0.39, 0.29) is 46.2 Å². The van der Waals surface area contributed by atoms with Gasteiger partial charge in [-0.1, -0.05) is 44.5 Å². The third kappa shape index (κ3) is 7.83. The lowest BCUT2D eigenvalue weighted by Crippen LogP contribution is -2.61. The third-order valence-corrected chi connectivity index (χ3v) is 14.1. The largest absolute Gasteiger partial charge is 0.507 e. The van der Waals surface area contributed by atoms with Crippen LogP contribution in [0.3, 0.4) is 0 Å². The molecular weight excluding hydrogens is 656 g/mol. The number of aromatic hydroxyl groups is 2. The average molecular weight is 703 g/mol. The van der Waals surface area contributed by atoms with E-state index >= 15 is 0 Å². The van der Waals surface area contributed by atoms with Gasteiger partial charge in [0.25, 0.3) is 0 Å². The van der Waals surface area contributed by atoms with Crippen molar-refractivity contribution in [3.05, 3.63) is 57.2 Å². The van der Waals surface area contributed by atoms with Gasteiger partial charge in [-0.25, -0.2) is 9.59 Å². The molecule has 0 aliphatic carbocycles. The summed E-state index contributed by atoms with van der Waals surface area (Å²) in [5.74, 6) is -2.77. The summed E-state index contributed by atoms with van der Waals surface area (Å²) in [4.78, 5) is 43.9. The summed E-state index contributed by atoms with van der Waals surface area (Å²) in [5, 5.41) is 32.9. The van der Waals surface area contributed by atoms with Gasteiger partial charge in [0.05, 0.1) is 17.7 Å². The summed E-state index contributed by atoms with van der Waals surface area (Å²) in [7, 11) is -0.617. The number of rotatable bonds is 8. The molecule has 1 amide bonds. The molecule has 11 nitrogen and oxygen atoms in total. The number of phenolic OH excluding ortho intramolecular Hbond substituents is 2. The molecule has 0 saturated carbocycles. The highest BCUT2D eigenvalue weighted by Crippen LogP contribution is 2.45. The predicted molar refractivity (Wildman–Crippen MR) is 188 cm³/mol. The van der Waals surface area contributed by atoms with Crippen LogP contribution in [0.15, 0.2) is 45.6 Å². The Morgan fingerprint density at radius 2 is 1.75 bits per heavy atom. The van der Waals surface area contributed by atoms with E-state index in [1.54, 1.807) is 45.0 Å². The molecule has 0 spiro atoms. The van der Waals surface area contributed by atoms with Gasteiger partial charge in [-0.3, -0.25) is 9.69 Å². The molecule has 2 aromatic carbocycles. The van der Waals surface area contributed by atoms with Crippen LogP contribution in [-0.4, -0.2) is 89.9 Å². The van der Waals surface area contributed by atoms with Crippen molar-refractivity contribution in [1.82, 2.24) is 9.80 Å². The zero-order chi connectivity index (χ0) is 35.9. The minimum atomic E-state index is -2.47. The first-order valence-corrected chi connectivity index (χ1v) is 19.3. The van der Waals surface area contributed by atoms with Gasteiger partial charge in [-0.2, -0.15) is 0 Å². The lowest BCUT2D eigenvalue weighted by atomic mass is 9.82. The van der Waals surface area contributed by atoms with Crippen LogP contribution in [0.5, 0.6) is 11.5 Å². The molecule has 4 rings (SSSR count). The number of carbonyl (C=O) groups is 2. The average Bonchev–Trinajstić information content (AvgIpc) is 2.94. The van der Waals surface area contributed by atoms with Crippen LogP contribution in [0, 0.1) is 0 Å². The Kier molecular flexibility index (Phi) is 10.7. The lowest BCUT2D eigenvalue weighted by Gasteiger charge is -2.46. The number of halogens is 1. The number of benzene rings is 2. The van der Waals surface area contributed by atoms with Gasteiger partial charge >= 0.3 is 12.1 Å². The number of nitrogens with zero attached hydrogens (tertiary/aromatic N) is 2. The second-order valence-corrected chi connectivity index (χ2v) is 20.2. The van der Waals surface area contributed by atoms with E-state index < -0.39 is 55.2 Å². The second-order valence-electron chi connectivity index (χ2n) is 15.0. The van der Waals surface area contributed by atoms with Crippen molar-refractivity contribution in [3.8, 4) is 22.8 Å². The molecule has 3 N–H and O–H groups in total. The van der Waals surface area contributed by atoms with Crippen molar-refractivity contribution >= 4 is 43.0 Å². The van der Waals surface area contributed by atoms with Crippen LogP contribution in [0.2, 0.25) is 23.2 Å². The number of ether oxygens (including phenoxy) is 1. The van der Waals surface area contributed by atoms with Gasteiger partial charge in [-0.05, 0) is 71.0 Å².